The van der Waals surface area contributed by atoms with Crippen LogP contribution in [-0.4, -0.2) is 50.1 Å². The van der Waals surface area contributed by atoms with Crippen LogP contribution in [0.25, 0.3) is 11.0 Å². The summed E-state index contributed by atoms with van der Waals surface area (Å²) >= 11 is 1.18. The van der Waals surface area contributed by atoms with Crippen molar-refractivity contribution in [2.75, 3.05) is 23.8 Å². The van der Waals surface area contributed by atoms with Crippen LogP contribution in [-0.2, 0) is 4.74 Å². The second-order valence-corrected chi connectivity index (χ2v) is 10.1. The van der Waals surface area contributed by atoms with E-state index in [2.05, 4.69) is 35.3 Å². The lowest BCUT2D eigenvalue weighted by molar-refractivity contribution is 0.0525. The molecule has 4 aromatic rings. The summed E-state index contributed by atoms with van der Waals surface area (Å²) in [6, 6.07) is 10.9. The van der Waals surface area contributed by atoms with Gasteiger partial charge in [-0.15, -0.1) is 0 Å². The molecule has 0 atom stereocenters. The summed E-state index contributed by atoms with van der Waals surface area (Å²) in [6.45, 7) is 7.98. The Kier molecular flexibility index (Phi) is 8.31. The number of hydrogen-bond donors (Lipinski definition) is 3. The molecule has 0 bridgehead atoms. The number of aryl methyl sites for hydroxylation is 1. The first-order valence-electron chi connectivity index (χ1n) is 12.0. The zero-order valence-corrected chi connectivity index (χ0v) is 22.4. The Labute approximate surface area is 224 Å². The number of carbonyl (C=O) groups excluding carboxylic acids is 2. The third kappa shape index (κ3) is 7.35. The molecule has 0 fully saturated rings. The van der Waals surface area contributed by atoms with Crippen molar-refractivity contribution < 1.29 is 19.1 Å². The van der Waals surface area contributed by atoms with Crippen LogP contribution in [0, 0.1) is 6.92 Å². The van der Waals surface area contributed by atoms with Crippen LogP contribution in [0.1, 0.15) is 43.2 Å². The Morgan fingerprint density at radius 3 is 2.55 bits per heavy atom. The maximum atomic E-state index is 13.1. The van der Waals surface area contributed by atoms with Gasteiger partial charge in [-0.2, -0.15) is 4.37 Å². The summed E-state index contributed by atoms with van der Waals surface area (Å²) in [6.07, 6.45) is 3.26. The molecule has 12 heteroatoms. The molecule has 3 N–H and O–H groups in total. The number of aromatic nitrogens is 4. The minimum absolute atomic E-state index is 0.323. The van der Waals surface area contributed by atoms with Gasteiger partial charge < -0.3 is 25.4 Å². The molecule has 2 amide bonds. The summed E-state index contributed by atoms with van der Waals surface area (Å²) < 4.78 is 15.1. The van der Waals surface area contributed by atoms with Crippen molar-refractivity contribution in [2.24, 2.45) is 0 Å². The van der Waals surface area contributed by atoms with E-state index in [0.29, 0.717) is 53.2 Å². The maximum absolute atomic E-state index is 13.1. The maximum Gasteiger partial charge on any atom is 0.407 e. The van der Waals surface area contributed by atoms with E-state index in [0.717, 1.165) is 11.0 Å². The van der Waals surface area contributed by atoms with Crippen LogP contribution in [0.2, 0.25) is 0 Å². The number of nitrogens with zero attached hydrogens (tertiary/aromatic N) is 4. The Hall–Kier alpha value is -4.32. The summed E-state index contributed by atoms with van der Waals surface area (Å²) in [5, 5.41) is 9.26. The number of para-hydroxylation sites is 2. The molecule has 4 rings (SSSR count). The third-order valence-corrected chi connectivity index (χ3v) is 5.87. The van der Waals surface area contributed by atoms with E-state index < -0.39 is 11.7 Å². The molecule has 0 unspecified atom stereocenters. The number of rotatable bonds is 9. The SMILES string of the molecule is Cc1nsc(Nc2cnc3ccccc3n2)c1C(=O)Nc1ccc(OCCCNC(=O)OC(C)(C)C)nc1. The largest absolute Gasteiger partial charge is 0.478 e. The molecule has 3 aromatic heterocycles. The first kappa shape index (κ1) is 26.7. The fourth-order valence-corrected chi connectivity index (χ4v) is 4.14. The van der Waals surface area contributed by atoms with Crippen molar-refractivity contribution in [1.82, 2.24) is 24.6 Å². The van der Waals surface area contributed by atoms with Gasteiger partial charge in [-0.05, 0) is 63.8 Å². The van der Waals surface area contributed by atoms with Gasteiger partial charge in [0.2, 0.25) is 5.88 Å². The summed E-state index contributed by atoms with van der Waals surface area (Å²) in [5.41, 5.74) is 2.52. The number of alkyl carbamates (subject to hydrolysis) is 1. The molecule has 3 heterocycles. The van der Waals surface area contributed by atoms with E-state index in [1.54, 1.807) is 25.3 Å². The van der Waals surface area contributed by atoms with Crippen LogP contribution in [0.5, 0.6) is 5.88 Å². The number of carbonyl (C=O) groups is 2. The second kappa shape index (κ2) is 11.8. The fraction of sp³-hybridized carbons (Fsp3) is 0.308. The number of anilines is 3. The molecule has 0 radical (unpaired) electrons. The Morgan fingerprint density at radius 1 is 1.03 bits per heavy atom. The average Bonchev–Trinajstić information content (AvgIpc) is 3.23. The Bertz CT molecular complexity index is 1420. The first-order chi connectivity index (χ1) is 18.2. The van der Waals surface area contributed by atoms with Gasteiger partial charge >= 0.3 is 6.09 Å². The third-order valence-electron chi connectivity index (χ3n) is 5.01. The molecule has 198 valence electrons. The molecule has 11 nitrogen and oxygen atoms in total. The topological polar surface area (TPSA) is 140 Å². The van der Waals surface area contributed by atoms with Crippen molar-refractivity contribution in [3.8, 4) is 5.88 Å². The van der Waals surface area contributed by atoms with Gasteiger partial charge in [0.1, 0.15) is 16.4 Å². The number of pyridine rings is 1. The normalized spacial score (nSPS) is 11.2. The van der Waals surface area contributed by atoms with Crippen LogP contribution in [0.15, 0.2) is 48.8 Å². The number of fused-ring (bicyclic) bond motifs is 1. The number of amides is 2. The van der Waals surface area contributed by atoms with Crippen molar-refractivity contribution in [2.45, 2.75) is 39.7 Å². The minimum atomic E-state index is -0.537. The zero-order chi connectivity index (χ0) is 27.1. The Morgan fingerprint density at radius 2 is 1.82 bits per heavy atom. The molecule has 0 aliphatic rings. The first-order valence-corrected chi connectivity index (χ1v) is 12.8. The molecule has 0 saturated heterocycles. The monoisotopic (exact) mass is 535 g/mol. The van der Waals surface area contributed by atoms with Crippen LogP contribution in [0.4, 0.5) is 21.3 Å². The molecular formula is C26H29N7O4S. The van der Waals surface area contributed by atoms with E-state index in [-0.39, 0.29) is 5.91 Å². The van der Waals surface area contributed by atoms with E-state index in [9.17, 15) is 9.59 Å². The minimum Gasteiger partial charge on any atom is -0.478 e. The van der Waals surface area contributed by atoms with Gasteiger partial charge in [0, 0.05) is 12.6 Å². The summed E-state index contributed by atoms with van der Waals surface area (Å²) in [4.78, 5) is 37.9. The standard InChI is InChI=1S/C26H29N7O4S/c1-16-22(24(38-33-16)32-20-15-28-18-8-5-6-9-19(18)31-20)23(34)30-17-10-11-21(29-14-17)36-13-7-12-27-25(35)37-26(2,3)4/h5-6,8-11,14-15H,7,12-13H2,1-4H3,(H,27,35)(H,30,34)(H,31,32). The summed E-state index contributed by atoms with van der Waals surface area (Å²) in [5.74, 6) is 0.605. The van der Waals surface area contributed by atoms with E-state index in [1.807, 2.05) is 45.0 Å². The molecule has 38 heavy (non-hydrogen) atoms. The van der Waals surface area contributed by atoms with Gasteiger partial charge in [0.25, 0.3) is 5.91 Å². The predicted octanol–water partition coefficient (Wildman–Crippen LogP) is 5.08. The predicted molar refractivity (Wildman–Crippen MR) is 146 cm³/mol. The van der Waals surface area contributed by atoms with Crippen molar-refractivity contribution in [1.29, 1.82) is 0 Å². The van der Waals surface area contributed by atoms with Crippen molar-refractivity contribution in [3.05, 3.63) is 60.0 Å². The van der Waals surface area contributed by atoms with Gasteiger partial charge in [0.05, 0.1) is 47.0 Å². The lowest BCUT2D eigenvalue weighted by Crippen LogP contribution is -2.33. The molecule has 1 aromatic carbocycles. The number of ether oxygens (including phenoxy) is 2. The number of nitrogens with one attached hydrogen (secondary N) is 3. The zero-order valence-electron chi connectivity index (χ0n) is 21.6. The highest BCUT2D eigenvalue weighted by Gasteiger charge is 2.20. The highest BCUT2D eigenvalue weighted by molar-refractivity contribution is 7.10. The lowest BCUT2D eigenvalue weighted by atomic mass is 10.2. The highest BCUT2D eigenvalue weighted by atomic mass is 32.1. The second-order valence-electron chi connectivity index (χ2n) is 9.31. The van der Waals surface area contributed by atoms with Gasteiger partial charge in [-0.3, -0.25) is 9.78 Å². The van der Waals surface area contributed by atoms with E-state index in [1.165, 1.54) is 17.7 Å². The quantitative estimate of drug-likeness (QED) is 0.250. The fourth-order valence-electron chi connectivity index (χ4n) is 3.34. The highest BCUT2D eigenvalue weighted by Crippen LogP contribution is 2.28. The van der Waals surface area contributed by atoms with Crippen LogP contribution >= 0.6 is 11.5 Å². The summed E-state index contributed by atoms with van der Waals surface area (Å²) in [7, 11) is 0. The number of hydrogen-bond acceptors (Lipinski definition) is 10. The molecule has 0 saturated carbocycles. The van der Waals surface area contributed by atoms with Gasteiger partial charge in [-0.25, -0.2) is 14.8 Å². The molecular weight excluding hydrogens is 506 g/mol. The smallest absolute Gasteiger partial charge is 0.407 e. The molecule has 0 aliphatic carbocycles. The van der Waals surface area contributed by atoms with E-state index in [4.69, 9.17) is 9.47 Å². The van der Waals surface area contributed by atoms with E-state index >= 15 is 0 Å². The van der Waals surface area contributed by atoms with Crippen LogP contribution in [0.3, 0.4) is 0 Å². The van der Waals surface area contributed by atoms with Crippen LogP contribution < -0.4 is 20.7 Å². The lowest BCUT2D eigenvalue weighted by Gasteiger charge is -2.19. The average molecular weight is 536 g/mol. The number of benzene rings is 1. The van der Waals surface area contributed by atoms with Crippen molar-refractivity contribution >= 4 is 51.1 Å². The van der Waals surface area contributed by atoms with Gasteiger partial charge in [0.15, 0.2) is 0 Å². The van der Waals surface area contributed by atoms with Gasteiger partial charge in [-0.1, -0.05) is 12.1 Å². The van der Waals surface area contributed by atoms with Crippen molar-refractivity contribution in [3.63, 3.8) is 0 Å². The molecule has 0 spiro atoms. The molecule has 0 aliphatic heterocycles. The Balaban J connectivity index is 1.29.